The summed E-state index contributed by atoms with van der Waals surface area (Å²) in [6.45, 7) is 6.04. The van der Waals surface area contributed by atoms with Crippen LogP contribution in [-0.2, 0) is 12.5 Å². The van der Waals surface area contributed by atoms with E-state index in [1.54, 1.807) is 23.3 Å². The Balaban J connectivity index is 2.51. The number of aromatic carboxylic acids is 1. The van der Waals surface area contributed by atoms with E-state index >= 15 is 0 Å². The molecule has 1 atom stereocenters. The van der Waals surface area contributed by atoms with Crippen molar-refractivity contribution in [1.82, 2.24) is 9.78 Å². The summed E-state index contributed by atoms with van der Waals surface area (Å²) < 4.78 is 1.65. The van der Waals surface area contributed by atoms with Crippen LogP contribution in [0.1, 0.15) is 53.4 Å². The third kappa shape index (κ3) is 2.62. The van der Waals surface area contributed by atoms with Gasteiger partial charge in [-0.1, -0.05) is 20.8 Å². The van der Waals surface area contributed by atoms with Crippen molar-refractivity contribution in [2.45, 2.75) is 32.3 Å². The first-order valence-electron chi connectivity index (χ1n) is 6.24. The molecule has 2 heterocycles. The molecule has 0 radical (unpaired) electrons. The van der Waals surface area contributed by atoms with Gasteiger partial charge in [0.1, 0.15) is 6.10 Å². The third-order valence-corrected chi connectivity index (χ3v) is 4.01. The van der Waals surface area contributed by atoms with Gasteiger partial charge in [0.05, 0.1) is 16.1 Å². The quantitative estimate of drug-likeness (QED) is 0.912. The number of aromatic nitrogens is 2. The van der Waals surface area contributed by atoms with Gasteiger partial charge in [0, 0.05) is 24.2 Å². The lowest BCUT2D eigenvalue weighted by Gasteiger charge is -2.19. The van der Waals surface area contributed by atoms with Crippen molar-refractivity contribution in [2.24, 2.45) is 7.05 Å². The Kier molecular flexibility index (Phi) is 3.71. The average Bonchev–Trinajstić information content (AvgIpc) is 2.92. The first kappa shape index (κ1) is 14.7. The minimum absolute atomic E-state index is 0.145. The molecular formula is C14H18N2O3S. The van der Waals surface area contributed by atoms with E-state index in [9.17, 15) is 9.90 Å². The highest BCUT2D eigenvalue weighted by Gasteiger charge is 2.29. The van der Waals surface area contributed by atoms with Crippen LogP contribution in [-0.4, -0.2) is 26.0 Å². The number of aliphatic hydroxyl groups is 1. The van der Waals surface area contributed by atoms with E-state index in [1.807, 2.05) is 20.8 Å². The summed E-state index contributed by atoms with van der Waals surface area (Å²) in [5, 5.41) is 25.8. The monoisotopic (exact) mass is 294 g/mol. The molecule has 0 fully saturated rings. The zero-order valence-corrected chi connectivity index (χ0v) is 12.7. The largest absolute Gasteiger partial charge is 0.478 e. The van der Waals surface area contributed by atoms with Crippen molar-refractivity contribution in [1.29, 1.82) is 0 Å². The first-order valence-corrected chi connectivity index (χ1v) is 7.12. The topological polar surface area (TPSA) is 75.4 Å². The zero-order valence-electron chi connectivity index (χ0n) is 11.9. The fourth-order valence-electron chi connectivity index (χ4n) is 2.14. The van der Waals surface area contributed by atoms with Gasteiger partial charge < -0.3 is 10.2 Å². The molecule has 2 rings (SSSR count). The lowest BCUT2D eigenvalue weighted by molar-refractivity contribution is 0.0692. The maximum Gasteiger partial charge on any atom is 0.336 e. The SMILES string of the molecule is Cn1cc(C(O)c2sccc2C(=O)O)c(C(C)(C)C)n1. The highest BCUT2D eigenvalue weighted by molar-refractivity contribution is 7.10. The second-order valence-electron chi connectivity index (χ2n) is 5.76. The molecule has 2 aromatic rings. The fraction of sp³-hybridized carbons (Fsp3) is 0.429. The maximum atomic E-state index is 11.2. The molecule has 0 saturated carbocycles. The number of hydrogen-bond acceptors (Lipinski definition) is 4. The van der Waals surface area contributed by atoms with E-state index in [-0.39, 0.29) is 11.0 Å². The second kappa shape index (κ2) is 5.03. The van der Waals surface area contributed by atoms with E-state index in [1.165, 1.54) is 17.4 Å². The van der Waals surface area contributed by atoms with Crippen LogP contribution < -0.4 is 0 Å². The number of aliphatic hydroxyl groups excluding tert-OH is 1. The Hall–Kier alpha value is -1.66. The van der Waals surface area contributed by atoms with Gasteiger partial charge >= 0.3 is 5.97 Å². The smallest absolute Gasteiger partial charge is 0.336 e. The Labute approximate surface area is 121 Å². The molecule has 6 heteroatoms. The van der Waals surface area contributed by atoms with Crippen LogP contribution >= 0.6 is 11.3 Å². The predicted octanol–water partition coefficient (Wildman–Crippen LogP) is 2.56. The average molecular weight is 294 g/mol. The summed E-state index contributed by atoms with van der Waals surface area (Å²) in [4.78, 5) is 11.6. The molecule has 0 aromatic carbocycles. The Morgan fingerprint density at radius 3 is 2.65 bits per heavy atom. The number of thiophene rings is 1. The Bertz CT molecular complexity index is 637. The highest BCUT2D eigenvalue weighted by atomic mass is 32.1. The number of aryl methyl sites for hydroxylation is 1. The molecule has 2 aromatic heterocycles. The van der Waals surface area contributed by atoms with Gasteiger partial charge in [-0.3, -0.25) is 4.68 Å². The molecule has 0 aliphatic heterocycles. The Morgan fingerprint density at radius 2 is 2.10 bits per heavy atom. The number of nitrogens with zero attached hydrogens (tertiary/aromatic N) is 2. The maximum absolute atomic E-state index is 11.2. The highest BCUT2D eigenvalue weighted by Crippen LogP contribution is 2.35. The summed E-state index contributed by atoms with van der Waals surface area (Å²) >= 11 is 1.24. The summed E-state index contributed by atoms with van der Waals surface area (Å²) in [7, 11) is 1.79. The van der Waals surface area contributed by atoms with Gasteiger partial charge in [-0.05, 0) is 11.4 Å². The molecule has 5 nitrogen and oxygen atoms in total. The number of carboxylic acid groups (broad SMARTS) is 1. The number of carboxylic acids is 1. The predicted molar refractivity (Wildman–Crippen MR) is 77.2 cm³/mol. The lowest BCUT2D eigenvalue weighted by atomic mass is 9.87. The first-order chi connectivity index (χ1) is 9.21. The molecule has 0 amide bonds. The van der Waals surface area contributed by atoms with Crippen molar-refractivity contribution in [3.8, 4) is 0 Å². The number of carbonyl (C=O) groups is 1. The second-order valence-corrected chi connectivity index (χ2v) is 6.71. The van der Waals surface area contributed by atoms with Gasteiger partial charge in [-0.15, -0.1) is 11.3 Å². The Morgan fingerprint density at radius 1 is 1.45 bits per heavy atom. The summed E-state index contributed by atoms with van der Waals surface area (Å²) in [6.07, 6.45) is 0.778. The molecule has 20 heavy (non-hydrogen) atoms. The van der Waals surface area contributed by atoms with Crippen LogP contribution in [0.2, 0.25) is 0 Å². The van der Waals surface area contributed by atoms with Crippen molar-refractivity contribution >= 4 is 17.3 Å². The molecule has 2 N–H and O–H groups in total. The number of hydrogen-bond donors (Lipinski definition) is 2. The standard InChI is InChI=1S/C14H18N2O3S/c1-14(2,3)12-9(7-16(4)15-12)10(17)11-8(13(18)19)5-6-20-11/h5-7,10,17H,1-4H3,(H,18,19). The van der Waals surface area contributed by atoms with E-state index in [4.69, 9.17) is 5.11 Å². The molecule has 0 spiro atoms. The summed E-state index contributed by atoms with van der Waals surface area (Å²) in [5.74, 6) is -1.03. The minimum atomic E-state index is -1.03. The van der Waals surface area contributed by atoms with Gasteiger partial charge in [0.25, 0.3) is 0 Å². The van der Waals surface area contributed by atoms with Crippen LogP contribution in [0, 0.1) is 0 Å². The normalized spacial score (nSPS) is 13.4. The van der Waals surface area contributed by atoms with E-state index in [0.717, 1.165) is 5.69 Å². The molecular weight excluding hydrogens is 276 g/mol. The number of rotatable bonds is 3. The molecule has 0 bridgehead atoms. The lowest BCUT2D eigenvalue weighted by Crippen LogP contribution is -2.17. The third-order valence-electron chi connectivity index (χ3n) is 3.04. The zero-order chi connectivity index (χ0) is 15.1. The minimum Gasteiger partial charge on any atom is -0.478 e. The van der Waals surface area contributed by atoms with E-state index in [0.29, 0.717) is 10.4 Å². The van der Waals surface area contributed by atoms with Gasteiger partial charge in [-0.2, -0.15) is 5.10 Å². The molecule has 0 aliphatic rings. The van der Waals surface area contributed by atoms with Crippen molar-refractivity contribution in [3.05, 3.63) is 39.3 Å². The van der Waals surface area contributed by atoms with Gasteiger partial charge in [0.2, 0.25) is 0 Å². The van der Waals surface area contributed by atoms with Crippen molar-refractivity contribution < 1.29 is 15.0 Å². The van der Waals surface area contributed by atoms with Crippen LogP contribution in [0.3, 0.4) is 0 Å². The summed E-state index contributed by atoms with van der Waals surface area (Å²) in [6, 6.07) is 1.51. The molecule has 1 unspecified atom stereocenters. The van der Waals surface area contributed by atoms with Crippen molar-refractivity contribution in [2.75, 3.05) is 0 Å². The summed E-state index contributed by atoms with van der Waals surface area (Å²) in [5.41, 5.74) is 1.35. The van der Waals surface area contributed by atoms with Crippen molar-refractivity contribution in [3.63, 3.8) is 0 Å². The fourth-order valence-corrected chi connectivity index (χ4v) is 3.03. The molecule has 0 aliphatic carbocycles. The van der Waals surface area contributed by atoms with Crippen LogP contribution in [0.25, 0.3) is 0 Å². The van der Waals surface area contributed by atoms with Crippen LogP contribution in [0.4, 0.5) is 0 Å². The molecule has 0 saturated heterocycles. The van der Waals surface area contributed by atoms with E-state index < -0.39 is 12.1 Å². The molecule has 108 valence electrons. The van der Waals surface area contributed by atoms with Gasteiger partial charge in [0.15, 0.2) is 0 Å². The van der Waals surface area contributed by atoms with Gasteiger partial charge in [-0.25, -0.2) is 4.79 Å². The van der Waals surface area contributed by atoms with Crippen LogP contribution in [0.5, 0.6) is 0 Å². The van der Waals surface area contributed by atoms with E-state index in [2.05, 4.69) is 5.10 Å². The van der Waals surface area contributed by atoms with Crippen LogP contribution in [0.15, 0.2) is 17.6 Å².